The molecule has 1 aromatic rings. The number of nitrogens with zero attached hydrogens (tertiary/aromatic N) is 3. The number of aryl methyl sites for hydroxylation is 1. The quantitative estimate of drug-likeness (QED) is 0.744. The molecule has 0 saturated heterocycles. The average Bonchev–Trinajstić information content (AvgIpc) is 3.28. The molecule has 25 heavy (non-hydrogen) atoms. The van der Waals surface area contributed by atoms with Crippen LogP contribution in [0.5, 0.6) is 0 Å². The minimum atomic E-state index is -3.34. The molecule has 6 nitrogen and oxygen atoms in total. The van der Waals surface area contributed by atoms with E-state index in [1.807, 2.05) is 6.92 Å². The van der Waals surface area contributed by atoms with Crippen molar-refractivity contribution in [2.24, 2.45) is 7.05 Å². The first-order chi connectivity index (χ1) is 11.6. The molecular weight excluding hydrogens is 338 g/mol. The van der Waals surface area contributed by atoms with Gasteiger partial charge in [0.05, 0.1) is 9.49 Å². The predicted molar refractivity (Wildman–Crippen MR) is 96.0 cm³/mol. The fourth-order valence-electron chi connectivity index (χ4n) is 3.61. The molecule has 0 unspecified atom stereocenters. The summed E-state index contributed by atoms with van der Waals surface area (Å²) in [7, 11) is -1.64. The van der Waals surface area contributed by atoms with Crippen LogP contribution in [0, 0.1) is 12.3 Å². The lowest BCUT2D eigenvalue weighted by atomic mass is 10.0. The molecule has 0 radical (unpaired) electrons. The van der Waals surface area contributed by atoms with Crippen molar-refractivity contribution in [1.29, 1.82) is 0 Å². The van der Waals surface area contributed by atoms with Gasteiger partial charge in [-0.25, -0.2) is 8.42 Å². The third-order valence-corrected chi connectivity index (χ3v) is 9.26. The molecule has 7 heteroatoms. The van der Waals surface area contributed by atoms with Gasteiger partial charge in [0, 0.05) is 25.7 Å². The first-order valence-corrected chi connectivity index (χ1v) is 10.1. The van der Waals surface area contributed by atoms with Crippen LogP contribution in [-0.2, 0) is 23.3 Å². The highest BCUT2D eigenvalue weighted by Crippen LogP contribution is 2.49. The SMILES string of the molecule is C#Cc1nn(C)c2c1CCN(CC1(S(=O)(=O)C(C)(C)CC)CC1)C2=O. The third-order valence-electron chi connectivity index (χ3n) is 5.84. The molecule has 0 spiro atoms. The Bertz CT molecular complexity index is 870. The second-order valence-electron chi connectivity index (χ2n) is 7.72. The number of fused-ring (bicyclic) bond motifs is 1. The summed E-state index contributed by atoms with van der Waals surface area (Å²) in [5.41, 5.74) is 1.79. The topological polar surface area (TPSA) is 72.3 Å². The summed E-state index contributed by atoms with van der Waals surface area (Å²) in [6.45, 7) is 6.18. The van der Waals surface area contributed by atoms with Crippen molar-refractivity contribution in [3.63, 3.8) is 0 Å². The predicted octanol–water partition coefficient (Wildman–Crippen LogP) is 1.54. The van der Waals surface area contributed by atoms with E-state index in [1.165, 1.54) is 4.68 Å². The highest BCUT2D eigenvalue weighted by Gasteiger charge is 2.60. The molecule has 0 aromatic carbocycles. The smallest absolute Gasteiger partial charge is 0.272 e. The van der Waals surface area contributed by atoms with E-state index in [1.54, 1.807) is 25.8 Å². The second-order valence-corrected chi connectivity index (χ2v) is 10.7. The highest BCUT2D eigenvalue weighted by atomic mass is 32.2. The number of rotatable bonds is 5. The van der Waals surface area contributed by atoms with Crippen LogP contribution in [0.3, 0.4) is 0 Å². The van der Waals surface area contributed by atoms with Crippen LogP contribution in [0.4, 0.5) is 0 Å². The van der Waals surface area contributed by atoms with Crippen LogP contribution in [0.1, 0.15) is 61.8 Å². The second kappa shape index (κ2) is 5.60. The Morgan fingerprint density at radius 3 is 2.52 bits per heavy atom. The minimum Gasteiger partial charge on any atom is -0.335 e. The van der Waals surface area contributed by atoms with Crippen molar-refractivity contribution in [3.05, 3.63) is 17.0 Å². The molecular formula is C18H25N3O3S. The van der Waals surface area contributed by atoms with Gasteiger partial charge in [0.15, 0.2) is 9.84 Å². The standard InChI is InChI=1S/C18H25N3O3S/c1-6-14-13-8-11-21(16(22)15(13)20(5)19-14)12-18(9-10-18)25(23,24)17(3,4)7-2/h1H,7-12H2,2-5H3. The molecule has 0 atom stereocenters. The van der Waals surface area contributed by atoms with Crippen molar-refractivity contribution in [2.75, 3.05) is 13.1 Å². The van der Waals surface area contributed by atoms with E-state index in [-0.39, 0.29) is 12.5 Å². The van der Waals surface area contributed by atoms with Gasteiger partial charge in [-0.1, -0.05) is 6.92 Å². The van der Waals surface area contributed by atoms with Gasteiger partial charge in [-0.05, 0) is 45.5 Å². The molecule has 0 bridgehead atoms. The summed E-state index contributed by atoms with van der Waals surface area (Å²) in [6, 6.07) is 0. The largest absolute Gasteiger partial charge is 0.335 e. The zero-order chi connectivity index (χ0) is 18.6. The van der Waals surface area contributed by atoms with Crippen LogP contribution in [0.2, 0.25) is 0 Å². The van der Waals surface area contributed by atoms with E-state index < -0.39 is 19.3 Å². The van der Waals surface area contributed by atoms with E-state index in [0.717, 1.165) is 5.56 Å². The highest BCUT2D eigenvalue weighted by molar-refractivity contribution is 7.94. The number of terminal acetylenes is 1. The van der Waals surface area contributed by atoms with Crippen molar-refractivity contribution in [1.82, 2.24) is 14.7 Å². The maximum atomic E-state index is 13.1. The van der Waals surface area contributed by atoms with Crippen molar-refractivity contribution in [2.45, 2.75) is 55.9 Å². The number of carbonyl (C=O) groups is 1. The fourth-order valence-corrected chi connectivity index (χ4v) is 6.13. The van der Waals surface area contributed by atoms with E-state index in [9.17, 15) is 13.2 Å². The zero-order valence-electron chi connectivity index (χ0n) is 15.3. The Morgan fingerprint density at radius 1 is 1.36 bits per heavy atom. The van der Waals surface area contributed by atoms with Gasteiger partial charge in [-0.15, -0.1) is 6.42 Å². The molecule has 1 amide bonds. The average molecular weight is 363 g/mol. The van der Waals surface area contributed by atoms with Gasteiger partial charge in [0.1, 0.15) is 11.4 Å². The van der Waals surface area contributed by atoms with Gasteiger partial charge in [-0.3, -0.25) is 9.48 Å². The van der Waals surface area contributed by atoms with Gasteiger partial charge in [0.25, 0.3) is 5.91 Å². The molecule has 1 aliphatic heterocycles. The molecule has 1 aromatic heterocycles. The van der Waals surface area contributed by atoms with Crippen LogP contribution < -0.4 is 0 Å². The first-order valence-electron chi connectivity index (χ1n) is 8.66. The molecule has 0 N–H and O–H groups in total. The summed E-state index contributed by atoms with van der Waals surface area (Å²) >= 11 is 0. The molecule has 1 fully saturated rings. The van der Waals surface area contributed by atoms with E-state index in [4.69, 9.17) is 6.42 Å². The Morgan fingerprint density at radius 2 is 2.00 bits per heavy atom. The normalized spacial score (nSPS) is 19.5. The third kappa shape index (κ3) is 2.50. The monoisotopic (exact) mass is 363 g/mol. The number of carbonyl (C=O) groups excluding carboxylic acids is 1. The summed E-state index contributed by atoms with van der Waals surface area (Å²) in [4.78, 5) is 14.6. The van der Waals surface area contributed by atoms with E-state index in [2.05, 4.69) is 11.0 Å². The zero-order valence-corrected chi connectivity index (χ0v) is 16.1. The van der Waals surface area contributed by atoms with Crippen LogP contribution in [-0.4, -0.2) is 51.6 Å². The van der Waals surface area contributed by atoms with Gasteiger partial charge in [-0.2, -0.15) is 5.10 Å². The summed E-state index contributed by atoms with van der Waals surface area (Å²) < 4.78 is 26.2. The number of hydrogen-bond acceptors (Lipinski definition) is 4. The first kappa shape index (κ1) is 18.0. The lowest BCUT2D eigenvalue weighted by molar-refractivity contribution is 0.0724. The maximum absolute atomic E-state index is 13.1. The lowest BCUT2D eigenvalue weighted by Crippen LogP contribution is -2.50. The Hall–Kier alpha value is -1.81. The number of hydrogen-bond donors (Lipinski definition) is 0. The van der Waals surface area contributed by atoms with E-state index in [0.29, 0.717) is 43.6 Å². The van der Waals surface area contributed by atoms with Crippen molar-refractivity contribution in [3.8, 4) is 12.3 Å². The number of aromatic nitrogens is 2. The molecule has 2 aliphatic rings. The Balaban J connectivity index is 1.89. The van der Waals surface area contributed by atoms with Gasteiger partial charge < -0.3 is 4.90 Å². The Kier molecular flexibility index (Phi) is 4.03. The number of sulfone groups is 1. The Labute approximate surface area is 149 Å². The summed E-state index contributed by atoms with van der Waals surface area (Å²) in [6.07, 6.45) is 7.88. The lowest BCUT2D eigenvalue weighted by Gasteiger charge is -2.34. The molecule has 1 aliphatic carbocycles. The summed E-state index contributed by atoms with van der Waals surface area (Å²) in [5.74, 6) is 2.35. The molecule has 1 saturated carbocycles. The van der Waals surface area contributed by atoms with Crippen molar-refractivity contribution < 1.29 is 13.2 Å². The van der Waals surface area contributed by atoms with Crippen LogP contribution in [0.15, 0.2) is 0 Å². The van der Waals surface area contributed by atoms with Crippen LogP contribution >= 0.6 is 0 Å². The summed E-state index contributed by atoms with van der Waals surface area (Å²) in [5, 5.41) is 4.22. The molecule has 2 heterocycles. The van der Waals surface area contributed by atoms with Crippen LogP contribution in [0.25, 0.3) is 0 Å². The molecule has 3 rings (SSSR count). The number of amides is 1. The fraction of sp³-hybridized carbons (Fsp3) is 0.667. The minimum absolute atomic E-state index is 0.173. The van der Waals surface area contributed by atoms with Gasteiger partial charge in [0.2, 0.25) is 0 Å². The van der Waals surface area contributed by atoms with Crippen molar-refractivity contribution >= 4 is 15.7 Å². The van der Waals surface area contributed by atoms with Gasteiger partial charge >= 0.3 is 0 Å². The van der Waals surface area contributed by atoms with E-state index >= 15 is 0 Å². The molecule has 136 valence electrons. The maximum Gasteiger partial charge on any atom is 0.272 e.